The van der Waals surface area contributed by atoms with E-state index >= 15 is 0 Å². The fourth-order valence-corrected chi connectivity index (χ4v) is 5.52. The van der Waals surface area contributed by atoms with Crippen LogP contribution >= 0.6 is 35.4 Å². The predicted molar refractivity (Wildman–Crippen MR) is 135 cm³/mol. The highest BCUT2D eigenvalue weighted by Crippen LogP contribution is 2.28. The molecular weight excluding hydrogens is 505 g/mol. The van der Waals surface area contributed by atoms with Crippen LogP contribution in [-0.2, 0) is 14.8 Å². The summed E-state index contributed by atoms with van der Waals surface area (Å²) >= 11 is 17.1. The number of thiocarbonyl (C=S) groups is 1. The summed E-state index contributed by atoms with van der Waals surface area (Å²) in [5, 5.41) is 6.22. The van der Waals surface area contributed by atoms with Crippen LogP contribution in [0.3, 0.4) is 0 Å². The van der Waals surface area contributed by atoms with Crippen LogP contribution < -0.4 is 15.4 Å². The second-order valence-corrected chi connectivity index (χ2v) is 10.8. The van der Waals surface area contributed by atoms with Gasteiger partial charge in [0.2, 0.25) is 10.0 Å². The van der Waals surface area contributed by atoms with Crippen molar-refractivity contribution in [2.75, 3.05) is 18.4 Å². The largest absolute Gasteiger partial charge is 0.479 e. The van der Waals surface area contributed by atoms with Gasteiger partial charge in [0.25, 0.3) is 5.91 Å². The second kappa shape index (κ2) is 11.5. The predicted octanol–water partition coefficient (Wildman–Crippen LogP) is 4.84. The van der Waals surface area contributed by atoms with Crippen LogP contribution in [0.15, 0.2) is 47.4 Å². The van der Waals surface area contributed by atoms with Crippen molar-refractivity contribution in [3.05, 3.63) is 52.5 Å². The molecule has 0 saturated carbocycles. The number of nitrogens with one attached hydrogen (secondary N) is 2. The first-order valence-electron chi connectivity index (χ1n) is 10.5. The molecule has 0 aromatic heterocycles. The molecule has 7 nitrogen and oxygen atoms in total. The molecule has 0 radical (unpaired) electrons. The lowest BCUT2D eigenvalue weighted by molar-refractivity contribution is -0.125. The van der Waals surface area contributed by atoms with Crippen molar-refractivity contribution in [2.45, 2.75) is 43.6 Å². The molecule has 1 heterocycles. The summed E-state index contributed by atoms with van der Waals surface area (Å²) in [7, 11) is -3.53. The van der Waals surface area contributed by atoms with Crippen molar-refractivity contribution < 1.29 is 17.9 Å². The van der Waals surface area contributed by atoms with Gasteiger partial charge in [-0.15, -0.1) is 0 Å². The van der Waals surface area contributed by atoms with Gasteiger partial charge in [-0.05, 0) is 74.4 Å². The lowest BCUT2D eigenvalue weighted by Gasteiger charge is -2.20. The fraction of sp³-hybridized carbons (Fsp3) is 0.364. The number of carbonyl (C=O) groups is 1. The topological polar surface area (TPSA) is 87.7 Å². The third-order valence-corrected chi connectivity index (χ3v) is 7.77. The van der Waals surface area contributed by atoms with Gasteiger partial charge in [0, 0.05) is 23.8 Å². The maximum Gasteiger partial charge on any atom is 0.266 e. The van der Waals surface area contributed by atoms with Gasteiger partial charge in [-0.1, -0.05) is 36.0 Å². The van der Waals surface area contributed by atoms with E-state index in [4.69, 9.17) is 40.2 Å². The van der Waals surface area contributed by atoms with Crippen molar-refractivity contribution in [2.24, 2.45) is 0 Å². The van der Waals surface area contributed by atoms with E-state index in [1.807, 2.05) is 0 Å². The first-order valence-corrected chi connectivity index (χ1v) is 13.1. The van der Waals surface area contributed by atoms with E-state index < -0.39 is 22.0 Å². The molecule has 178 valence electrons. The quantitative estimate of drug-likeness (QED) is 0.520. The summed E-state index contributed by atoms with van der Waals surface area (Å²) in [6.45, 7) is 2.64. The minimum absolute atomic E-state index is 0.0563. The number of amides is 1. The SMILES string of the molecule is CC(Oc1ccc(Cl)cc1Cl)C(=O)NC(=S)Nc1ccc(S(=O)(=O)N2CCCCCC2)cc1. The average Bonchev–Trinajstić information content (AvgIpc) is 3.06. The summed E-state index contributed by atoms with van der Waals surface area (Å²) in [4.78, 5) is 12.6. The molecule has 1 fully saturated rings. The molecule has 2 aromatic rings. The van der Waals surface area contributed by atoms with Gasteiger partial charge in [-0.2, -0.15) is 4.31 Å². The van der Waals surface area contributed by atoms with Crippen molar-refractivity contribution >= 4 is 62.2 Å². The van der Waals surface area contributed by atoms with Crippen molar-refractivity contribution in [1.29, 1.82) is 0 Å². The molecule has 11 heteroatoms. The standard InChI is InChI=1S/C22H25Cl2N3O4S2/c1-15(31-20-11-6-16(23)14-19(20)24)21(28)26-22(32)25-17-7-9-18(10-8-17)33(29,30)27-12-4-2-3-5-13-27/h6-11,14-15H,2-5,12-13H2,1H3,(H2,25,26,28,32). The van der Waals surface area contributed by atoms with Gasteiger partial charge in [-0.3, -0.25) is 10.1 Å². The van der Waals surface area contributed by atoms with Gasteiger partial charge >= 0.3 is 0 Å². The van der Waals surface area contributed by atoms with Crippen LogP contribution in [0.2, 0.25) is 10.0 Å². The molecule has 0 bridgehead atoms. The molecule has 1 atom stereocenters. The first-order chi connectivity index (χ1) is 15.7. The maximum atomic E-state index is 12.9. The Kier molecular flexibility index (Phi) is 8.95. The van der Waals surface area contributed by atoms with E-state index in [0.29, 0.717) is 29.5 Å². The Labute approximate surface area is 209 Å². The number of benzene rings is 2. The van der Waals surface area contributed by atoms with Crippen LogP contribution in [0.4, 0.5) is 5.69 Å². The second-order valence-electron chi connectivity index (χ2n) is 7.62. The van der Waals surface area contributed by atoms with Crippen molar-refractivity contribution in [1.82, 2.24) is 9.62 Å². The smallest absolute Gasteiger partial charge is 0.266 e. The van der Waals surface area contributed by atoms with Crippen molar-refractivity contribution in [3.8, 4) is 5.75 Å². The fourth-order valence-electron chi connectivity index (χ4n) is 3.33. The average molecular weight is 530 g/mol. The Morgan fingerprint density at radius 3 is 2.30 bits per heavy atom. The number of hydrogen-bond acceptors (Lipinski definition) is 5. The molecule has 2 aromatic carbocycles. The third kappa shape index (κ3) is 7.04. The van der Waals surface area contributed by atoms with Gasteiger partial charge in [0.15, 0.2) is 11.2 Å². The number of anilines is 1. The lowest BCUT2D eigenvalue weighted by atomic mass is 10.2. The summed E-state index contributed by atoms with van der Waals surface area (Å²) in [5.74, 6) is -0.150. The van der Waals surface area contributed by atoms with E-state index in [1.54, 1.807) is 35.5 Å². The normalized spacial score (nSPS) is 15.8. The zero-order valence-corrected chi connectivity index (χ0v) is 21.2. The Morgan fingerprint density at radius 2 is 1.70 bits per heavy atom. The van der Waals surface area contributed by atoms with E-state index in [-0.39, 0.29) is 15.0 Å². The van der Waals surface area contributed by atoms with Crippen LogP contribution in [-0.4, -0.2) is 42.9 Å². The summed E-state index contributed by atoms with van der Waals surface area (Å²) in [6.07, 6.45) is 2.98. The Bertz CT molecular complexity index is 1100. The van der Waals surface area contributed by atoms with E-state index in [9.17, 15) is 13.2 Å². The number of hydrogen-bond donors (Lipinski definition) is 2. The molecule has 0 spiro atoms. The maximum absolute atomic E-state index is 12.9. The molecule has 33 heavy (non-hydrogen) atoms. The monoisotopic (exact) mass is 529 g/mol. The minimum atomic E-state index is -3.53. The zero-order chi connectivity index (χ0) is 24.0. The van der Waals surface area contributed by atoms with Gasteiger partial charge in [0.1, 0.15) is 5.75 Å². The van der Waals surface area contributed by atoms with Crippen LogP contribution in [0.5, 0.6) is 5.75 Å². The number of ether oxygens (including phenoxy) is 1. The summed E-state index contributed by atoms with van der Waals surface area (Å²) in [6, 6.07) is 11.0. The van der Waals surface area contributed by atoms with Crippen LogP contribution in [0.1, 0.15) is 32.6 Å². The molecule has 1 unspecified atom stereocenters. The number of carbonyl (C=O) groups excluding carboxylic acids is 1. The van der Waals surface area contributed by atoms with Crippen LogP contribution in [0, 0.1) is 0 Å². The Balaban J connectivity index is 1.56. The number of rotatable bonds is 6. The number of nitrogens with zero attached hydrogens (tertiary/aromatic N) is 1. The zero-order valence-electron chi connectivity index (χ0n) is 18.0. The first kappa shape index (κ1) is 25.7. The summed E-state index contributed by atoms with van der Waals surface area (Å²) < 4.78 is 32.9. The number of halogens is 2. The Hall–Kier alpha value is -1.91. The Morgan fingerprint density at radius 1 is 1.06 bits per heavy atom. The molecule has 0 aliphatic carbocycles. The molecule has 1 aliphatic heterocycles. The highest BCUT2D eigenvalue weighted by atomic mass is 35.5. The van der Waals surface area contributed by atoms with Crippen LogP contribution in [0.25, 0.3) is 0 Å². The highest BCUT2D eigenvalue weighted by molar-refractivity contribution is 7.89. The van der Waals surface area contributed by atoms with Crippen molar-refractivity contribution in [3.63, 3.8) is 0 Å². The minimum Gasteiger partial charge on any atom is -0.479 e. The van der Waals surface area contributed by atoms with Gasteiger partial charge in [-0.25, -0.2) is 8.42 Å². The van der Waals surface area contributed by atoms with E-state index in [0.717, 1.165) is 25.7 Å². The third-order valence-electron chi connectivity index (χ3n) is 5.12. The number of sulfonamides is 1. The molecule has 1 amide bonds. The summed E-state index contributed by atoms with van der Waals surface area (Å²) in [5.41, 5.74) is 0.546. The lowest BCUT2D eigenvalue weighted by Crippen LogP contribution is -2.42. The molecular formula is C22H25Cl2N3O4S2. The highest BCUT2D eigenvalue weighted by Gasteiger charge is 2.25. The molecule has 3 rings (SSSR count). The van der Waals surface area contributed by atoms with Gasteiger partial charge < -0.3 is 10.1 Å². The molecule has 1 aliphatic rings. The van der Waals surface area contributed by atoms with E-state index in [2.05, 4.69) is 10.6 Å². The molecule has 2 N–H and O–H groups in total. The molecule has 1 saturated heterocycles. The van der Waals surface area contributed by atoms with E-state index in [1.165, 1.54) is 18.2 Å². The van der Waals surface area contributed by atoms with Gasteiger partial charge in [0.05, 0.1) is 9.92 Å².